The number of benzene rings is 1. The highest BCUT2D eigenvalue weighted by molar-refractivity contribution is 6.30. The number of hydrogen-bond donors (Lipinski definition) is 0. The maximum absolute atomic E-state index is 12.2. The molecule has 0 saturated heterocycles. The summed E-state index contributed by atoms with van der Waals surface area (Å²) in [6.07, 6.45) is 0.539. The van der Waals surface area contributed by atoms with E-state index >= 15 is 0 Å². The number of rotatable bonds is 5. The summed E-state index contributed by atoms with van der Waals surface area (Å²) in [5.41, 5.74) is 0.357. The molecule has 0 aromatic heterocycles. The average Bonchev–Trinajstić information content (AvgIpc) is 2.66. The van der Waals surface area contributed by atoms with Gasteiger partial charge in [0.05, 0.1) is 11.8 Å². The highest BCUT2D eigenvalue weighted by Crippen LogP contribution is 2.32. The predicted molar refractivity (Wildman–Crippen MR) is 70.7 cm³/mol. The van der Waals surface area contributed by atoms with Crippen molar-refractivity contribution in [2.75, 3.05) is 0 Å². The Kier molecular flexibility index (Phi) is 3.98. The number of ether oxygens (including phenoxy) is 2. The fourth-order valence-electron chi connectivity index (χ4n) is 2.07. The van der Waals surface area contributed by atoms with E-state index in [4.69, 9.17) is 9.47 Å². The quantitative estimate of drug-likeness (QED) is 0.468. The van der Waals surface area contributed by atoms with Gasteiger partial charge in [0.15, 0.2) is 0 Å². The van der Waals surface area contributed by atoms with Crippen molar-refractivity contribution in [3.05, 3.63) is 42.2 Å². The normalized spacial score (nSPS) is 16.8. The molecule has 1 atom stereocenters. The average molecular weight is 274 g/mol. The topological polar surface area (TPSA) is 69.7 Å². The fraction of sp³-hybridized carbons (Fsp3) is 0.267. The molecule has 104 valence electrons. The van der Waals surface area contributed by atoms with Crippen molar-refractivity contribution in [2.24, 2.45) is 0 Å². The second-order valence-corrected chi connectivity index (χ2v) is 4.31. The van der Waals surface area contributed by atoms with Gasteiger partial charge >= 0.3 is 5.97 Å². The summed E-state index contributed by atoms with van der Waals surface area (Å²) >= 11 is 0. The lowest BCUT2D eigenvalue weighted by atomic mass is 10.1. The van der Waals surface area contributed by atoms with Crippen molar-refractivity contribution in [2.45, 2.75) is 25.9 Å². The van der Waals surface area contributed by atoms with E-state index in [0.29, 0.717) is 6.42 Å². The zero-order valence-corrected chi connectivity index (χ0v) is 11.0. The van der Waals surface area contributed by atoms with E-state index in [1.165, 1.54) is 12.3 Å². The first-order valence-corrected chi connectivity index (χ1v) is 6.28. The van der Waals surface area contributed by atoms with Crippen molar-refractivity contribution in [1.82, 2.24) is 0 Å². The van der Waals surface area contributed by atoms with Gasteiger partial charge in [-0.05, 0) is 12.5 Å². The first-order valence-electron chi connectivity index (χ1n) is 6.28. The Balaban J connectivity index is 2.32. The summed E-state index contributed by atoms with van der Waals surface area (Å²) in [6, 6.07) is 4.67. The van der Waals surface area contributed by atoms with Gasteiger partial charge in [0.1, 0.15) is 5.75 Å². The Bertz CT molecular complexity index is 588. The summed E-state index contributed by atoms with van der Waals surface area (Å²) in [5.74, 6) is -1.38. The van der Waals surface area contributed by atoms with Gasteiger partial charge in [-0.1, -0.05) is 25.6 Å². The van der Waals surface area contributed by atoms with Gasteiger partial charge in [0.2, 0.25) is 17.7 Å². The monoisotopic (exact) mass is 274 g/mol. The van der Waals surface area contributed by atoms with Crippen molar-refractivity contribution >= 4 is 17.5 Å². The van der Waals surface area contributed by atoms with Gasteiger partial charge < -0.3 is 9.47 Å². The van der Waals surface area contributed by atoms with E-state index in [-0.39, 0.29) is 23.3 Å². The standard InChI is InChI=1S/C15H14O5/c1-3-6-11(16)20-15-13(17)9-7-5-8-10(19-4-2)12(9)14(15)18/h4-5,7-8,15H,2-3,6H2,1H3. The van der Waals surface area contributed by atoms with Gasteiger partial charge in [0, 0.05) is 12.0 Å². The molecule has 5 heteroatoms. The molecule has 1 aliphatic rings. The summed E-state index contributed by atoms with van der Waals surface area (Å²) < 4.78 is 10.1. The minimum absolute atomic E-state index is 0.145. The number of ketones is 2. The van der Waals surface area contributed by atoms with E-state index in [1.54, 1.807) is 12.1 Å². The largest absolute Gasteiger partial charge is 0.465 e. The van der Waals surface area contributed by atoms with Crippen LogP contribution in [-0.4, -0.2) is 23.6 Å². The third kappa shape index (κ3) is 2.34. The Labute approximate surface area is 116 Å². The van der Waals surface area contributed by atoms with Gasteiger partial charge in [-0.2, -0.15) is 0 Å². The highest BCUT2D eigenvalue weighted by atomic mass is 16.6. The zero-order valence-electron chi connectivity index (χ0n) is 11.0. The third-order valence-corrected chi connectivity index (χ3v) is 2.93. The van der Waals surface area contributed by atoms with Crippen LogP contribution < -0.4 is 4.74 Å². The van der Waals surface area contributed by atoms with Crippen LogP contribution in [0.15, 0.2) is 31.0 Å². The second-order valence-electron chi connectivity index (χ2n) is 4.31. The van der Waals surface area contributed by atoms with Crippen LogP contribution in [0.2, 0.25) is 0 Å². The molecule has 1 unspecified atom stereocenters. The molecule has 1 aromatic rings. The van der Waals surface area contributed by atoms with Gasteiger partial charge in [-0.3, -0.25) is 14.4 Å². The molecule has 5 nitrogen and oxygen atoms in total. The van der Waals surface area contributed by atoms with Crippen molar-refractivity contribution in [1.29, 1.82) is 0 Å². The van der Waals surface area contributed by atoms with E-state index in [0.717, 1.165) is 0 Å². The van der Waals surface area contributed by atoms with Gasteiger partial charge in [-0.15, -0.1) is 0 Å². The Hall–Kier alpha value is -2.43. The van der Waals surface area contributed by atoms with Crippen LogP contribution in [-0.2, 0) is 9.53 Å². The maximum atomic E-state index is 12.2. The predicted octanol–water partition coefficient (Wildman–Crippen LogP) is 2.30. The molecule has 0 aliphatic heterocycles. The molecule has 0 spiro atoms. The summed E-state index contributed by atoms with van der Waals surface area (Å²) in [5, 5.41) is 0. The molecule has 0 N–H and O–H groups in total. The first kappa shape index (κ1) is 14.0. The van der Waals surface area contributed by atoms with Crippen LogP contribution in [0.5, 0.6) is 5.75 Å². The number of hydrogen-bond acceptors (Lipinski definition) is 5. The van der Waals surface area contributed by atoms with Crippen LogP contribution in [0.25, 0.3) is 0 Å². The highest BCUT2D eigenvalue weighted by Gasteiger charge is 2.43. The molecule has 1 aromatic carbocycles. The van der Waals surface area contributed by atoms with Crippen LogP contribution in [0.3, 0.4) is 0 Å². The molecule has 20 heavy (non-hydrogen) atoms. The van der Waals surface area contributed by atoms with Crippen molar-refractivity contribution < 1.29 is 23.9 Å². The van der Waals surface area contributed by atoms with Crippen molar-refractivity contribution in [3.8, 4) is 5.75 Å². The second kappa shape index (κ2) is 5.69. The van der Waals surface area contributed by atoms with Gasteiger partial charge in [-0.25, -0.2) is 0 Å². The minimum Gasteiger partial charge on any atom is -0.465 e. The minimum atomic E-state index is -1.39. The molecular formula is C15H14O5. The lowest BCUT2D eigenvalue weighted by Crippen LogP contribution is -2.28. The number of carbonyl (C=O) groups excluding carboxylic acids is 3. The Morgan fingerprint density at radius 2 is 2.10 bits per heavy atom. The summed E-state index contributed by atoms with van der Waals surface area (Å²) in [6.45, 7) is 5.22. The first-order chi connectivity index (χ1) is 9.60. The molecular weight excluding hydrogens is 260 g/mol. The molecule has 0 radical (unpaired) electrons. The number of esters is 1. The smallest absolute Gasteiger partial charge is 0.306 e. The number of carbonyl (C=O) groups is 3. The molecule has 0 saturated carbocycles. The Morgan fingerprint density at radius 3 is 2.75 bits per heavy atom. The Morgan fingerprint density at radius 1 is 1.35 bits per heavy atom. The maximum Gasteiger partial charge on any atom is 0.306 e. The van der Waals surface area contributed by atoms with E-state index in [1.807, 2.05) is 6.92 Å². The van der Waals surface area contributed by atoms with Crippen molar-refractivity contribution in [3.63, 3.8) is 0 Å². The van der Waals surface area contributed by atoms with Crippen LogP contribution in [0.4, 0.5) is 0 Å². The SMILES string of the molecule is C=COc1cccc2c1C(=O)C(OC(=O)CCC)C2=O. The third-order valence-electron chi connectivity index (χ3n) is 2.93. The molecule has 0 heterocycles. The lowest BCUT2D eigenvalue weighted by molar-refractivity contribution is -0.145. The molecule has 0 fully saturated rings. The van der Waals surface area contributed by atoms with E-state index in [9.17, 15) is 14.4 Å². The fourth-order valence-corrected chi connectivity index (χ4v) is 2.07. The van der Waals surface area contributed by atoms with E-state index < -0.39 is 23.6 Å². The van der Waals surface area contributed by atoms with Crippen LogP contribution >= 0.6 is 0 Å². The summed E-state index contributed by atoms with van der Waals surface area (Å²) in [7, 11) is 0. The molecule has 2 rings (SSSR count). The zero-order chi connectivity index (χ0) is 14.7. The van der Waals surface area contributed by atoms with E-state index in [2.05, 4.69) is 6.58 Å². The molecule has 1 aliphatic carbocycles. The number of Topliss-reactive ketones (excluding diaryl/α,β-unsaturated/α-hetero) is 2. The molecule has 0 bridgehead atoms. The lowest BCUT2D eigenvalue weighted by Gasteiger charge is -2.08. The van der Waals surface area contributed by atoms with Gasteiger partial charge in [0.25, 0.3) is 0 Å². The number of fused-ring (bicyclic) bond motifs is 1. The summed E-state index contributed by atoms with van der Waals surface area (Å²) in [4.78, 5) is 35.8. The van der Waals surface area contributed by atoms with Crippen LogP contribution in [0, 0.1) is 0 Å². The molecule has 0 amide bonds. The van der Waals surface area contributed by atoms with Crippen LogP contribution in [0.1, 0.15) is 40.5 Å².